The fourth-order valence-corrected chi connectivity index (χ4v) is 2.38. The van der Waals surface area contributed by atoms with Crippen molar-refractivity contribution in [3.8, 4) is 0 Å². The van der Waals surface area contributed by atoms with E-state index >= 15 is 0 Å². The molecule has 1 heterocycles. The lowest BCUT2D eigenvalue weighted by Gasteiger charge is -2.21. The second-order valence-corrected chi connectivity index (χ2v) is 4.66. The normalized spacial score (nSPS) is 20.7. The number of rotatable bonds is 3. The van der Waals surface area contributed by atoms with Gasteiger partial charge < -0.3 is 5.11 Å². The van der Waals surface area contributed by atoms with Crippen LogP contribution in [0.3, 0.4) is 0 Å². The molecule has 1 N–H and O–H groups in total. The van der Waals surface area contributed by atoms with Gasteiger partial charge in [0.1, 0.15) is 6.04 Å². The van der Waals surface area contributed by atoms with Crippen LogP contribution in [-0.2, 0) is 17.5 Å². The molecule has 1 aromatic rings. The Morgan fingerprint density at radius 2 is 2.16 bits per heavy atom. The maximum absolute atomic E-state index is 12.6. The molecule has 0 amide bonds. The van der Waals surface area contributed by atoms with E-state index in [-0.39, 0.29) is 6.54 Å². The van der Waals surface area contributed by atoms with Crippen molar-refractivity contribution in [2.75, 3.05) is 6.54 Å². The number of hydrogen-bond donors (Lipinski definition) is 1. The van der Waals surface area contributed by atoms with Crippen molar-refractivity contribution in [3.63, 3.8) is 0 Å². The highest BCUT2D eigenvalue weighted by Gasteiger charge is 2.32. The predicted octanol–water partition coefficient (Wildman–Crippen LogP) is 2.75. The first-order chi connectivity index (χ1) is 8.88. The van der Waals surface area contributed by atoms with Gasteiger partial charge in [-0.2, -0.15) is 13.2 Å². The minimum atomic E-state index is -4.37. The van der Waals surface area contributed by atoms with Crippen LogP contribution in [0.1, 0.15) is 24.0 Å². The molecule has 0 spiro atoms. The Kier molecular flexibility index (Phi) is 3.80. The van der Waals surface area contributed by atoms with E-state index in [2.05, 4.69) is 0 Å². The van der Waals surface area contributed by atoms with Gasteiger partial charge in [0, 0.05) is 6.54 Å². The topological polar surface area (TPSA) is 40.5 Å². The van der Waals surface area contributed by atoms with Gasteiger partial charge in [-0.15, -0.1) is 0 Å². The van der Waals surface area contributed by atoms with E-state index in [0.29, 0.717) is 18.5 Å². The number of alkyl halides is 3. The summed E-state index contributed by atoms with van der Waals surface area (Å²) < 4.78 is 37.7. The van der Waals surface area contributed by atoms with Crippen LogP contribution in [0.25, 0.3) is 0 Å². The SMILES string of the molecule is O=C(O)[C@@H]1CCCN1Cc1cccc(C(F)(F)F)c1. The largest absolute Gasteiger partial charge is 0.480 e. The highest BCUT2D eigenvalue weighted by atomic mass is 19.4. The Hall–Kier alpha value is -1.56. The number of carboxylic acids is 1. The Morgan fingerprint density at radius 3 is 2.79 bits per heavy atom. The van der Waals surface area contributed by atoms with Crippen molar-refractivity contribution in [2.24, 2.45) is 0 Å². The second-order valence-electron chi connectivity index (χ2n) is 4.66. The highest BCUT2D eigenvalue weighted by Crippen LogP contribution is 2.30. The van der Waals surface area contributed by atoms with Crippen molar-refractivity contribution >= 4 is 5.97 Å². The summed E-state index contributed by atoms with van der Waals surface area (Å²) in [7, 11) is 0. The lowest BCUT2D eigenvalue weighted by atomic mass is 10.1. The van der Waals surface area contributed by atoms with Gasteiger partial charge in [0.2, 0.25) is 0 Å². The summed E-state index contributed by atoms with van der Waals surface area (Å²) in [6.45, 7) is 0.841. The minimum Gasteiger partial charge on any atom is -0.480 e. The van der Waals surface area contributed by atoms with Crippen LogP contribution in [0.5, 0.6) is 0 Å². The predicted molar refractivity (Wildman–Crippen MR) is 62.5 cm³/mol. The van der Waals surface area contributed by atoms with Gasteiger partial charge in [-0.05, 0) is 31.0 Å². The third kappa shape index (κ3) is 3.26. The summed E-state index contributed by atoms with van der Waals surface area (Å²) in [4.78, 5) is 12.7. The Morgan fingerprint density at radius 1 is 1.42 bits per heavy atom. The molecule has 0 aliphatic carbocycles. The Labute approximate surface area is 108 Å². The van der Waals surface area contributed by atoms with Crippen molar-refractivity contribution in [3.05, 3.63) is 35.4 Å². The highest BCUT2D eigenvalue weighted by molar-refractivity contribution is 5.73. The Bertz CT molecular complexity index is 473. The quantitative estimate of drug-likeness (QED) is 0.920. The van der Waals surface area contributed by atoms with Gasteiger partial charge in [0.05, 0.1) is 5.56 Å². The third-order valence-corrected chi connectivity index (χ3v) is 3.29. The van der Waals surface area contributed by atoms with Crippen LogP contribution in [-0.4, -0.2) is 28.6 Å². The molecular formula is C13H14F3NO2. The van der Waals surface area contributed by atoms with E-state index in [9.17, 15) is 18.0 Å². The number of hydrogen-bond acceptors (Lipinski definition) is 2. The molecule has 1 aliphatic heterocycles. The molecule has 1 fully saturated rings. The maximum atomic E-state index is 12.6. The number of halogens is 3. The van der Waals surface area contributed by atoms with Crippen LogP contribution in [0, 0.1) is 0 Å². The summed E-state index contributed by atoms with van der Waals surface area (Å²) in [6.07, 6.45) is -3.06. The molecule has 1 aliphatic rings. The molecule has 6 heteroatoms. The first kappa shape index (κ1) is 13.9. The van der Waals surface area contributed by atoms with Crippen molar-refractivity contribution in [1.29, 1.82) is 0 Å². The summed E-state index contributed by atoms with van der Waals surface area (Å²) in [5, 5.41) is 9.02. The van der Waals surface area contributed by atoms with Gasteiger partial charge in [-0.1, -0.05) is 18.2 Å². The lowest BCUT2D eigenvalue weighted by Crippen LogP contribution is -2.35. The molecular weight excluding hydrogens is 259 g/mol. The molecule has 1 saturated heterocycles. The minimum absolute atomic E-state index is 0.237. The van der Waals surface area contributed by atoms with Crippen molar-refractivity contribution < 1.29 is 23.1 Å². The van der Waals surface area contributed by atoms with Gasteiger partial charge in [-0.3, -0.25) is 9.69 Å². The molecule has 19 heavy (non-hydrogen) atoms. The third-order valence-electron chi connectivity index (χ3n) is 3.29. The van der Waals surface area contributed by atoms with Crippen LogP contribution in [0.2, 0.25) is 0 Å². The molecule has 0 radical (unpaired) electrons. The van der Waals surface area contributed by atoms with Crippen LogP contribution >= 0.6 is 0 Å². The Balaban J connectivity index is 2.13. The molecule has 0 unspecified atom stereocenters. The average Bonchev–Trinajstić information content (AvgIpc) is 2.76. The van der Waals surface area contributed by atoms with E-state index in [1.54, 1.807) is 11.0 Å². The number of carbonyl (C=O) groups is 1. The van der Waals surface area contributed by atoms with E-state index in [1.807, 2.05) is 0 Å². The number of carboxylic acid groups (broad SMARTS) is 1. The zero-order chi connectivity index (χ0) is 14.0. The van der Waals surface area contributed by atoms with Gasteiger partial charge in [-0.25, -0.2) is 0 Å². The van der Waals surface area contributed by atoms with E-state index in [0.717, 1.165) is 18.6 Å². The summed E-state index contributed by atoms with van der Waals surface area (Å²) in [6, 6.07) is 4.45. The van der Waals surface area contributed by atoms with Gasteiger partial charge in [0.15, 0.2) is 0 Å². The van der Waals surface area contributed by atoms with Gasteiger partial charge in [0.25, 0.3) is 0 Å². The van der Waals surface area contributed by atoms with Crippen molar-refractivity contribution in [2.45, 2.75) is 31.6 Å². The molecule has 104 valence electrons. The molecule has 2 rings (SSSR count). The first-order valence-corrected chi connectivity index (χ1v) is 6.01. The number of likely N-dealkylation sites (tertiary alicyclic amines) is 1. The smallest absolute Gasteiger partial charge is 0.416 e. The molecule has 0 saturated carbocycles. The number of benzene rings is 1. The van der Waals surface area contributed by atoms with Crippen LogP contribution < -0.4 is 0 Å². The summed E-state index contributed by atoms with van der Waals surface area (Å²) >= 11 is 0. The first-order valence-electron chi connectivity index (χ1n) is 6.01. The van der Waals surface area contributed by atoms with Crippen LogP contribution in [0.15, 0.2) is 24.3 Å². The summed E-state index contributed by atoms with van der Waals surface area (Å²) in [5.41, 5.74) is -0.209. The maximum Gasteiger partial charge on any atom is 0.416 e. The summed E-state index contributed by atoms with van der Waals surface area (Å²) in [5.74, 6) is -0.913. The fourth-order valence-electron chi connectivity index (χ4n) is 2.38. The molecule has 0 bridgehead atoms. The monoisotopic (exact) mass is 273 g/mol. The standard InChI is InChI=1S/C13H14F3NO2/c14-13(15,16)10-4-1-3-9(7-10)8-17-6-2-5-11(17)12(18)19/h1,3-4,7,11H,2,5-6,8H2,(H,18,19)/t11-/m0/s1. The molecule has 1 atom stereocenters. The number of aliphatic carboxylic acids is 1. The van der Waals surface area contributed by atoms with Crippen LogP contribution in [0.4, 0.5) is 13.2 Å². The molecule has 0 aromatic heterocycles. The van der Waals surface area contributed by atoms with Gasteiger partial charge >= 0.3 is 12.1 Å². The van der Waals surface area contributed by atoms with E-state index in [1.165, 1.54) is 6.07 Å². The molecule has 3 nitrogen and oxygen atoms in total. The van der Waals surface area contributed by atoms with Crippen molar-refractivity contribution in [1.82, 2.24) is 4.90 Å². The number of nitrogens with zero attached hydrogens (tertiary/aromatic N) is 1. The zero-order valence-electron chi connectivity index (χ0n) is 10.2. The fraction of sp³-hybridized carbons (Fsp3) is 0.462. The average molecular weight is 273 g/mol. The zero-order valence-corrected chi connectivity index (χ0v) is 10.2. The van der Waals surface area contributed by atoms with E-state index < -0.39 is 23.8 Å². The molecule has 1 aromatic carbocycles. The lowest BCUT2D eigenvalue weighted by molar-refractivity contribution is -0.142. The van der Waals surface area contributed by atoms with E-state index in [4.69, 9.17) is 5.11 Å². The second kappa shape index (κ2) is 5.21.